The Bertz CT molecular complexity index is 483. The smallest absolute Gasteiger partial charge is 0.318 e. The number of benzene rings is 1. The summed E-state index contributed by atoms with van der Waals surface area (Å²) in [6, 6.07) is 3.66. The van der Waals surface area contributed by atoms with E-state index < -0.39 is 11.2 Å². The minimum absolute atomic E-state index is 0.107. The Labute approximate surface area is 121 Å². The van der Waals surface area contributed by atoms with Crippen LogP contribution in [0.2, 0.25) is 0 Å². The molecule has 1 aliphatic rings. The molecule has 1 aliphatic heterocycles. The summed E-state index contributed by atoms with van der Waals surface area (Å²) in [5, 5.41) is 11.7. The van der Waals surface area contributed by atoms with Crippen molar-refractivity contribution in [2.24, 2.45) is 0 Å². The maximum atomic E-state index is 11.0. The first-order valence-corrected chi connectivity index (χ1v) is 6.96. The van der Waals surface area contributed by atoms with Gasteiger partial charge in [0.1, 0.15) is 5.25 Å². The minimum atomic E-state index is -0.808. The molecule has 1 heterocycles. The summed E-state index contributed by atoms with van der Waals surface area (Å²) in [6.45, 7) is 0.432. The fourth-order valence-electron chi connectivity index (χ4n) is 2.07. The van der Waals surface area contributed by atoms with Crippen LogP contribution in [-0.4, -0.2) is 44.2 Å². The molecule has 2 atom stereocenters. The third-order valence-corrected chi connectivity index (χ3v) is 4.46. The molecule has 0 spiro atoms. The van der Waals surface area contributed by atoms with Gasteiger partial charge in [0, 0.05) is 6.54 Å². The molecule has 1 aromatic rings. The molecule has 20 heavy (non-hydrogen) atoms. The fraction of sp³-hybridized carbons (Fsp3) is 0.462. The zero-order chi connectivity index (χ0) is 14.7. The highest BCUT2D eigenvalue weighted by molar-refractivity contribution is 8.01. The van der Waals surface area contributed by atoms with Gasteiger partial charge in [0.2, 0.25) is 5.75 Å². The molecule has 1 aromatic carbocycles. The van der Waals surface area contributed by atoms with E-state index >= 15 is 0 Å². The van der Waals surface area contributed by atoms with Crippen LogP contribution in [0.1, 0.15) is 10.9 Å². The molecular formula is C13H17NO5S. The molecule has 7 heteroatoms. The van der Waals surface area contributed by atoms with Crippen molar-refractivity contribution >= 4 is 17.7 Å². The number of carboxylic acids is 1. The Kier molecular flexibility index (Phi) is 4.61. The van der Waals surface area contributed by atoms with Crippen molar-refractivity contribution in [2.45, 2.75) is 10.6 Å². The topological polar surface area (TPSA) is 77.0 Å². The van der Waals surface area contributed by atoms with Crippen molar-refractivity contribution < 1.29 is 24.1 Å². The van der Waals surface area contributed by atoms with Crippen LogP contribution in [0.25, 0.3) is 0 Å². The molecular weight excluding hydrogens is 282 g/mol. The molecule has 0 radical (unpaired) electrons. The van der Waals surface area contributed by atoms with E-state index in [2.05, 4.69) is 5.32 Å². The van der Waals surface area contributed by atoms with Gasteiger partial charge in [0.05, 0.1) is 26.7 Å². The van der Waals surface area contributed by atoms with Crippen molar-refractivity contribution in [2.75, 3.05) is 27.9 Å². The third kappa shape index (κ3) is 2.78. The Hall–Kier alpha value is -1.60. The van der Waals surface area contributed by atoms with Crippen LogP contribution in [0.5, 0.6) is 17.2 Å². The van der Waals surface area contributed by atoms with Gasteiger partial charge >= 0.3 is 5.97 Å². The fourth-order valence-corrected chi connectivity index (χ4v) is 3.19. The van der Waals surface area contributed by atoms with Crippen LogP contribution in [0.15, 0.2) is 12.1 Å². The molecule has 2 rings (SSSR count). The summed E-state index contributed by atoms with van der Waals surface area (Å²) in [6.07, 6.45) is 0. The number of methoxy groups -OCH3 is 3. The Morgan fingerprint density at radius 2 is 1.85 bits per heavy atom. The average molecular weight is 299 g/mol. The van der Waals surface area contributed by atoms with Crippen LogP contribution >= 0.6 is 11.8 Å². The average Bonchev–Trinajstić information content (AvgIpc) is 2.95. The van der Waals surface area contributed by atoms with Crippen LogP contribution in [-0.2, 0) is 4.79 Å². The SMILES string of the molecule is COc1cc([C@H]2NC[C@H](C(=O)O)S2)cc(OC)c1OC. The molecule has 0 unspecified atom stereocenters. The number of nitrogens with one attached hydrogen (secondary N) is 1. The summed E-state index contributed by atoms with van der Waals surface area (Å²) >= 11 is 1.36. The van der Waals surface area contributed by atoms with E-state index in [-0.39, 0.29) is 5.37 Å². The maximum absolute atomic E-state index is 11.0. The molecule has 0 saturated carbocycles. The van der Waals surface area contributed by atoms with E-state index in [4.69, 9.17) is 19.3 Å². The number of carbonyl (C=O) groups is 1. The lowest BCUT2D eigenvalue weighted by Crippen LogP contribution is -2.21. The van der Waals surface area contributed by atoms with Gasteiger partial charge in [-0.25, -0.2) is 0 Å². The van der Waals surface area contributed by atoms with E-state index in [9.17, 15) is 4.79 Å². The highest BCUT2D eigenvalue weighted by Crippen LogP contribution is 2.43. The first-order chi connectivity index (χ1) is 9.60. The van der Waals surface area contributed by atoms with Gasteiger partial charge < -0.3 is 19.3 Å². The van der Waals surface area contributed by atoms with Crippen LogP contribution in [0.4, 0.5) is 0 Å². The zero-order valence-corrected chi connectivity index (χ0v) is 12.3. The maximum Gasteiger partial charge on any atom is 0.318 e. The largest absolute Gasteiger partial charge is 0.493 e. The quantitative estimate of drug-likeness (QED) is 0.853. The predicted octanol–water partition coefficient (Wildman–Crippen LogP) is 1.50. The van der Waals surface area contributed by atoms with Crippen LogP contribution < -0.4 is 19.5 Å². The number of aliphatic carboxylic acids is 1. The summed E-state index contributed by atoms with van der Waals surface area (Å²) < 4.78 is 15.9. The zero-order valence-electron chi connectivity index (χ0n) is 11.5. The second-order valence-corrected chi connectivity index (χ2v) is 5.52. The molecule has 0 bridgehead atoms. The van der Waals surface area contributed by atoms with Crippen molar-refractivity contribution in [1.29, 1.82) is 0 Å². The molecule has 0 aromatic heterocycles. The predicted molar refractivity (Wildman–Crippen MR) is 75.9 cm³/mol. The number of thioether (sulfide) groups is 1. The van der Waals surface area contributed by atoms with Gasteiger partial charge in [-0.05, 0) is 17.7 Å². The first kappa shape index (κ1) is 14.8. The molecule has 6 nitrogen and oxygen atoms in total. The van der Waals surface area contributed by atoms with Gasteiger partial charge in [0.25, 0.3) is 0 Å². The molecule has 2 N–H and O–H groups in total. The lowest BCUT2D eigenvalue weighted by Gasteiger charge is -2.17. The number of hydrogen-bond acceptors (Lipinski definition) is 6. The third-order valence-electron chi connectivity index (χ3n) is 3.05. The second kappa shape index (κ2) is 6.23. The van der Waals surface area contributed by atoms with Crippen molar-refractivity contribution in [3.05, 3.63) is 17.7 Å². The van der Waals surface area contributed by atoms with E-state index in [0.717, 1.165) is 5.56 Å². The van der Waals surface area contributed by atoms with Gasteiger partial charge in [-0.15, -0.1) is 11.8 Å². The first-order valence-electron chi connectivity index (χ1n) is 6.02. The van der Waals surface area contributed by atoms with E-state index in [1.54, 1.807) is 21.3 Å². The number of hydrogen-bond donors (Lipinski definition) is 2. The van der Waals surface area contributed by atoms with Crippen LogP contribution in [0.3, 0.4) is 0 Å². The van der Waals surface area contributed by atoms with Gasteiger partial charge in [-0.1, -0.05) is 0 Å². The summed E-state index contributed by atoms with van der Waals surface area (Å²) in [5.41, 5.74) is 0.897. The summed E-state index contributed by atoms with van der Waals surface area (Å²) in [5.74, 6) is 0.833. The summed E-state index contributed by atoms with van der Waals surface area (Å²) in [7, 11) is 4.65. The molecule has 0 aliphatic carbocycles. The monoisotopic (exact) mass is 299 g/mol. The Balaban J connectivity index is 2.31. The molecule has 1 saturated heterocycles. The van der Waals surface area contributed by atoms with Gasteiger partial charge in [0.15, 0.2) is 11.5 Å². The summed E-state index contributed by atoms with van der Waals surface area (Å²) in [4.78, 5) is 11.0. The minimum Gasteiger partial charge on any atom is -0.493 e. The van der Waals surface area contributed by atoms with Crippen molar-refractivity contribution in [1.82, 2.24) is 5.32 Å². The molecule has 1 fully saturated rings. The highest BCUT2D eigenvalue weighted by atomic mass is 32.2. The Morgan fingerprint density at radius 1 is 1.25 bits per heavy atom. The molecule has 0 amide bonds. The van der Waals surface area contributed by atoms with Gasteiger partial charge in [-0.3, -0.25) is 10.1 Å². The lowest BCUT2D eigenvalue weighted by atomic mass is 10.1. The standard InChI is InChI=1S/C13H17NO5S/c1-17-8-4-7(5-9(18-2)11(8)19-3)12-14-6-10(20-12)13(15)16/h4-5,10,12,14H,6H2,1-3H3,(H,15,16)/t10-,12+/m1/s1. The van der Waals surface area contributed by atoms with Crippen LogP contribution in [0, 0.1) is 0 Å². The Morgan fingerprint density at radius 3 is 2.25 bits per heavy atom. The normalized spacial score (nSPS) is 21.6. The van der Waals surface area contributed by atoms with E-state index in [0.29, 0.717) is 23.8 Å². The van der Waals surface area contributed by atoms with Crippen molar-refractivity contribution in [3.8, 4) is 17.2 Å². The lowest BCUT2D eigenvalue weighted by molar-refractivity contribution is -0.136. The van der Waals surface area contributed by atoms with Gasteiger partial charge in [-0.2, -0.15) is 0 Å². The van der Waals surface area contributed by atoms with Crippen molar-refractivity contribution in [3.63, 3.8) is 0 Å². The highest BCUT2D eigenvalue weighted by Gasteiger charge is 2.32. The molecule has 110 valence electrons. The van der Waals surface area contributed by atoms with E-state index in [1.807, 2.05) is 12.1 Å². The number of carboxylic acid groups (broad SMARTS) is 1. The number of ether oxygens (including phenoxy) is 3. The van der Waals surface area contributed by atoms with E-state index in [1.165, 1.54) is 11.8 Å². The second-order valence-electron chi connectivity index (χ2n) is 4.21. The number of rotatable bonds is 5.